The Morgan fingerprint density at radius 3 is 2.00 bits per heavy atom. The maximum atomic E-state index is 12.5. The van der Waals surface area contributed by atoms with Crippen LogP contribution in [0.3, 0.4) is 0 Å². The van der Waals surface area contributed by atoms with E-state index in [1.54, 1.807) is 0 Å². The minimum absolute atomic E-state index is 0.00924. The van der Waals surface area contributed by atoms with Gasteiger partial charge in [-0.1, -0.05) is 42.5 Å². The third-order valence-corrected chi connectivity index (χ3v) is 5.59. The molecule has 0 heterocycles. The molecule has 2 N–H and O–H groups in total. The summed E-state index contributed by atoms with van der Waals surface area (Å²) in [6.07, 6.45) is 3.07. The number of aryl methyl sites for hydroxylation is 2. The number of amides is 2. The molecule has 0 saturated heterocycles. The van der Waals surface area contributed by atoms with Crippen molar-refractivity contribution in [2.45, 2.75) is 46.1 Å². The monoisotopic (exact) mass is 364 g/mol. The zero-order valence-electron chi connectivity index (χ0n) is 16.1. The molecule has 3 rings (SSSR count). The third-order valence-electron chi connectivity index (χ3n) is 5.59. The normalized spacial score (nSPS) is 19.3. The standard InChI is InChI=1S/C23H28N2O2/c1-16-7-3-5-9-20(16)15-24-22(26)18-11-13-19(14-12-18)23(27)25-21-10-6-4-8-17(21)2/h3-10,18-19H,11-15H2,1-2H3,(H,24,26)(H,25,27). The van der Waals surface area contributed by atoms with E-state index in [0.29, 0.717) is 6.54 Å². The predicted molar refractivity (Wildman–Crippen MR) is 108 cm³/mol. The number of hydrogen-bond acceptors (Lipinski definition) is 2. The van der Waals surface area contributed by atoms with Gasteiger partial charge >= 0.3 is 0 Å². The van der Waals surface area contributed by atoms with Gasteiger partial charge in [-0.15, -0.1) is 0 Å². The Hall–Kier alpha value is -2.62. The van der Waals surface area contributed by atoms with Gasteiger partial charge in [0.05, 0.1) is 0 Å². The zero-order chi connectivity index (χ0) is 19.2. The molecule has 0 radical (unpaired) electrons. The van der Waals surface area contributed by atoms with Gasteiger partial charge in [-0.25, -0.2) is 0 Å². The molecule has 0 unspecified atom stereocenters. The number of rotatable bonds is 5. The van der Waals surface area contributed by atoms with E-state index in [1.807, 2.05) is 49.4 Å². The van der Waals surface area contributed by atoms with Crippen LogP contribution in [0.1, 0.15) is 42.4 Å². The van der Waals surface area contributed by atoms with Crippen LogP contribution in [-0.4, -0.2) is 11.8 Å². The van der Waals surface area contributed by atoms with Crippen LogP contribution in [0.4, 0.5) is 5.69 Å². The first-order chi connectivity index (χ1) is 13.0. The van der Waals surface area contributed by atoms with Crippen LogP contribution < -0.4 is 10.6 Å². The summed E-state index contributed by atoms with van der Waals surface area (Å²) >= 11 is 0. The van der Waals surface area contributed by atoms with Crippen molar-refractivity contribution in [3.8, 4) is 0 Å². The molecule has 0 aliphatic heterocycles. The highest BCUT2D eigenvalue weighted by Gasteiger charge is 2.30. The molecule has 27 heavy (non-hydrogen) atoms. The molecule has 4 heteroatoms. The fourth-order valence-corrected chi connectivity index (χ4v) is 3.70. The molecule has 1 aliphatic rings. The lowest BCUT2D eigenvalue weighted by molar-refractivity contribution is -0.128. The van der Waals surface area contributed by atoms with E-state index in [9.17, 15) is 9.59 Å². The van der Waals surface area contributed by atoms with Gasteiger partial charge in [0.1, 0.15) is 0 Å². The second-order valence-electron chi connectivity index (χ2n) is 7.50. The highest BCUT2D eigenvalue weighted by molar-refractivity contribution is 5.93. The minimum Gasteiger partial charge on any atom is -0.352 e. The second-order valence-corrected chi connectivity index (χ2v) is 7.50. The Labute approximate surface area is 161 Å². The molecule has 0 bridgehead atoms. The Bertz CT molecular complexity index is 808. The van der Waals surface area contributed by atoms with Gasteiger partial charge in [0, 0.05) is 24.1 Å². The molecule has 4 nitrogen and oxygen atoms in total. The first-order valence-electron chi connectivity index (χ1n) is 9.73. The van der Waals surface area contributed by atoms with E-state index >= 15 is 0 Å². The summed E-state index contributed by atoms with van der Waals surface area (Å²) in [6, 6.07) is 15.9. The molecule has 0 spiro atoms. The fourth-order valence-electron chi connectivity index (χ4n) is 3.70. The highest BCUT2D eigenvalue weighted by atomic mass is 16.2. The number of para-hydroxylation sites is 1. The molecule has 0 atom stereocenters. The molecule has 0 aromatic heterocycles. The lowest BCUT2D eigenvalue weighted by atomic mass is 9.81. The first kappa shape index (κ1) is 19.2. The van der Waals surface area contributed by atoms with Crippen molar-refractivity contribution in [1.29, 1.82) is 0 Å². The summed E-state index contributed by atoms with van der Waals surface area (Å²) in [4.78, 5) is 25.0. The number of benzene rings is 2. The van der Waals surface area contributed by atoms with Gasteiger partial charge in [-0.3, -0.25) is 9.59 Å². The van der Waals surface area contributed by atoms with Crippen LogP contribution >= 0.6 is 0 Å². The van der Waals surface area contributed by atoms with E-state index in [-0.39, 0.29) is 23.7 Å². The van der Waals surface area contributed by atoms with Crippen LogP contribution in [0.15, 0.2) is 48.5 Å². The molecule has 142 valence electrons. The number of hydrogen-bond donors (Lipinski definition) is 2. The van der Waals surface area contributed by atoms with Gasteiger partial charge in [-0.05, 0) is 62.3 Å². The van der Waals surface area contributed by atoms with E-state index in [1.165, 1.54) is 5.56 Å². The summed E-state index contributed by atoms with van der Waals surface area (Å²) in [7, 11) is 0. The van der Waals surface area contributed by atoms with E-state index in [4.69, 9.17) is 0 Å². The van der Waals surface area contributed by atoms with Gasteiger partial charge in [0.2, 0.25) is 11.8 Å². The molecule has 2 amide bonds. The molecule has 1 fully saturated rings. The fraction of sp³-hybridized carbons (Fsp3) is 0.391. The number of nitrogens with one attached hydrogen (secondary N) is 2. The number of anilines is 1. The van der Waals surface area contributed by atoms with E-state index < -0.39 is 0 Å². The molecule has 2 aromatic carbocycles. The van der Waals surface area contributed by atoms with Crippen molar-refractivity contribution < 1.29 is 9.59 Å². The van der Waals surface area contributed by atoms with Crippen molar-refractivity contribution in [1.82, 2.24) is 5.32 Å². The Morgan fingerprint density at radius 1 is 0.815 bits per heavy atom. The first-order valence-corrected chi connectivity index (χ1v) is 9.73. The Morgan fingerprint density at radius 2 is 1.37 bits per heavy atom. The molecule has 1 aliphatic carbocycles. The third kappa shape index (κ3) is 4.97. The number of carbonyl (C=O) groups excluding carboxylic acids is 2. The molecule has 1 saturated carbocycles. The van der Waals surface area contributed by atoms with Gasteiger partial charge < -0.3 is 10.6 Å². The maximum absolute atomic E-state index is 12.5. The van der Waals surface area contributed by atoms with Gasteiger partial charge in [0.15, 0.2) is 0 Å². The van der Waals surface area contributed by atoms with Crippen LogP contribution in [0.5, 0.6) is 0 Å². The average molecular weight is 364 g/mol. The average Bonchev–Trinajstić information content (AvgIpc) is 2.69. The largest absolute Gasteiger partial charge is 0.352 e. The molecule has 2 aromatic rings. The van der Waals surface area contributed by atoms with Crippen LogP contribution in [0.25, 0.3) is 0 Å². The van der Waals surface area contributed by atoms with Gasteiger partial charge in [0.25, 0.3) is 0 Å². The van der Waals surface area contributed by atoms with E-state index in [2.05, 4.69) is 23.6 Å². The zero-order valence-corrected chi connectivity index (χ0v) is 16.1. The van der Waals surface area contributed by atoms with Crippen LogP contribution in [0.2, 0.25) is 0 Å². The van der Waals surface area contributed by atoms with Gasteiger partial charge in [-0.2, -0.15) is 0 Å². The van der Waals surface area contributed by atoms with Crippen molar-refractivity contribution in [3.63, 3.8) is 0 Å². The summed E-state index contributed by atoms with van der Waals surface area (Å²) in [5.41, 5.74) is 4.28. The summed E-state index contributed by atoms with van der Waals surface area (Å²) in [5.74, 6) is 0.181. The SMILES string of the molecule is Cc1ccccc1CNC(=O)C1CCC(C(=O)Nc2ccccc2C)CC1. The summed E-state index contributed by atoms with van der Waals surface area (Å²) in [5, 5.41) is 6.10. The van der Waals surface area contributed by atoms with Crippen LogP contribution in [0, 0.1) is 25.7 Å². The van der Waals surface area contributed by atoms with Crippen LogP contribution in [-0.2, 0) is 16.1 Å². The summed E-state index contributed by atoms with van der Waals surface area (Å²) in [6.45, 7) is 4.62. The van der Waals surface area contributed by atoms with Crippen molar-refractivity contribution in [2.24, 2.45) is 11.8 Å². The topological polar surface area (TPSA) is 58.2 Å². The molecular formula is C23H28N2O2. The molecular weight excluding hydrogens is 336 g/mol. The van der Waals surface area contributed by atoms with Crippen molar-refractivity contribution in [2.75, 3.05) is 5.32 Å². The highest BCUT2D eigenvalue weighted by Crippen LogP contribution is 2.30. The summed E-state index contributed by atoms with van der Waals surface area (Å²) < 4.78 is 0. The lowest BCUT2D eigenvalue weighted by Gasteiger charge is -2.27. The lowest BCUT2D eigenvalue weighted by Crippen LogP contribution is -2.35. The minimum atomic E-state index is -0.00924. The predicted octanol–water partition coefficient (Wildman–Crippen LogP) is 4.36. The maximum Gasteiger partial charge on any atom is 0.227 e. The smallest absolute Gasteiger partial charge is 0.227 e. The van der Waals surface area contributed by atoms with E-state index in [0.717, 1.165) is 42.5 Å². The quantitative estimate of drug-likeness (QED) is 0.828. The second kappa shape index (κ2) is 8.85. The number of carbonyl (C=O) groups is 2. The van der Waals surface area contributed by atoms with Crippen molar-refractivity contribution in [3.05, 3.63) is 65.2 Å². The Kier molecular flexibility index (Phi) is 6.28. The van der Waals surface area contributed by atoms with Crippen molar-refractivity contribution >= 4 is 17.5 Å². The Balaban J connectivity index is 1.47.